The van der Waals surface area contributed by atoms with E-state index in [0.717, 1.165) is 6.07 Å². The molecular weight excluding hydrogens is 210 g/mol. The van der Waals surface area contributed by atoms with Crippen molar-refractivity contribution in [2.24, 2.45) is 0 Å². The smallest absolute Gasteiger partial charge is 0.373 e. The summed E-state index contributed by atoms with van der Waals surface area (Å²) in [5.41, 5.74) is 0.490. The molecule has 82 valence electrons. The van der Waals surface area contributed by atoms with E-state index in [9.17, 15) is 17.6 Å². The van der Waals surface area contributed by atoms with Gasteiger partial charge < -0.3 is 4.90 Å². The van der Waals surface area contributed by atoms with Crippen molar-refractivity contribution in [3.63, 3.8) is 0 Å². The second-order valence-corrected chi connectivity index (χ2v) is 3.68. The van der Waals surface area contributed by atoms with Gasteiger partial charge in [-0.2, -0.15) is 13.2 Å². The quantitative estimate of drug-likeness (QED) is 0.606. The number of hydrogen-bond acceptors (Lipinski definition) is 1. The van der Waals surface area contributed by atoms with E-state index in [1.165, 1.54) is 17.0 Å². The fourth-order valence-electron chi connectivity index (χ4n) is 1.90. The van der Waals surface area contributed by atoms with Crippen molar-refractivity contribution in [1.82, 2.24) is 0 Å². The number of halogens is 4. The molecule has 1 unspecified atom stereocenters. The lowest BCUT2D eigenvalue weighted by Crippen LogP contribution is -2.25. The van der Waals surface area contributed by atoms with Crippen molar-refractivity contribution in [3.05, 3.63) is 29.6 Å². The van der Waals surface area contributed by atoms with E-state index < -0.39 is 17.9 Å². The zero-order chi connectivity index (χ0) is 11.2. The molecule has 0 saturated carbocycles. The Balaban J connectivity index is 2.49. The number of nitrogens with zero attached hydrogens (tertiary/aromatic N) is 1. The van der Waals surface area contributed by atoms with Gasteiger partial charge in [-0.3, -0.25) is 0 Å². The molecule has 1 aliphatic heterocycles. The average molecular weight is 219 g/mol. The molecule has 1 atom stereocenters. The standard InChI is InChI=1S/C10H9F4N/c1-15-5-8(10(12,13)14)7-4-6(11)2-3-9(7)15/h2-4,8H,5H2,1H3. The second kappa shape index (κ2) is 3.12. The normalized spacial score (nSPS) is 20.6. The van der Waals surface area contributed by atoms with Crippen molar-refractivity contribution in [1.29, 1.82) is 0 Å². The summed E-state index contributed by atoms with van der Waals surface area (Å²) in [5, 5.41) is 0. The SMILES string of the molecule is CN1CC(C(F)(F)F)c2cc(F)ccc21. The average Bonchev–Trinajstić information content (AvgIpc) is 2.42. The topological polar surface area (TPSA) is 3.24 Å². The van der Waals surface area contributed by atoms with E-state index in [0.29, 0.717) is 5.69 Å². The molecule has 0 spiro atoms. The van der Waals surface area contributed by atoms with Gasteiger partial charge in [-0.15, -0.1) is 0 Å². The van der Waals surface area contributed by atoms with E-state index in [2.05, 4.69) is 0 Å². The predicted octanol–water partition coefficient (Wildman–Crippen LogP) is 2.92. The molecule has 0 amide bonds. The third-order valence-electron chi connectivity index (χ3n) is 2.63. The number of likely N-dealkylation sites (N-methyl/N-ethyl adjacent to an activating group) is 1. The highest BCUT2D eigenvalue weighted by molar-refractivity contribution is 5.60. The summed E-state index contributed by atoms with van der Waals surface area (Å²) in [6.45, 7) is -0.137. The summed E-state index contributed by atoms with van der Waals surface area (Å²) in [4.78, 5) is 1.49. The lowest BCUT2D eigenvalue weighted by molar-refractivity contribution is -0.146. The van der Waals surface area contributed by atoms with Gasteiger partial charge >= 0.3 is 6.18 Å². The summed E-state index contributed by atoms with van der Waals surface area (Å²) in [6.07, 6.45) is -4.31. The molecule has 0 radical (unpaired) electrons. The Bertz CT molecular complexity index is 385. The Hall–Kier alpha value is -1.26. The van der Waals surface area contributed by atoms with Crippen molar-refractivity contribution in [3.8, 4) is 0 Å². The van der Waals surface area contributed by atoms with Gasteiger partial charge in [0.05, 0.1) is 5.92 Å². The fourth-order valence-corrected chi connectivity index (χ4v) is 1.90. The summed E-state index contributed by atoms with van der Waals surface area (Å²) in [5.74, 6) is -2.20. The number of hydrogen-bond donors (Lipinski definition) is 0. The molecule has 1 heterocycles. The minimum atomic E-state index is -4.31. The Labute approximate surface area is 84.3 Å². The van der Waals surface area contributed by atoms with Gasteiger partial charge in [0.15, 0.2) is 0 Å². The highest BCUT2D eigenvalue weighted by Gasteiger charge is 2.46. The van der Waals surface area contributed by atoms with Crippen LogP contribution in [0.3, 0.4) is 0 Å². The third-order valence-corrected chi connectivity index (χ3v) is 2.63. The second-order valence-electron chi connectivity index (χ2n) is 3.68. The molecule has 15 heavy (non-hydrogen) atoms. The molecule has 0 bridgehead atoms. The van der Waals surface area contributed by atoms with Gasteiger partial charge in [-0.05, 0) is 23.8 Å². The molecule has 5 heteroatoms. The molecule has 1 nitrogen and oxygen atoms in total. The van der Waals surface area contributed by atoms with Crippen LogP contribution in [0.15, 0.2) is 18.2 Å². The molecule has 0 aliphatic carbocycles. The minimum absolute atomic E-state index is 0.0324. The lowest BCUT2D eigenvalue weighted by atomic mass is 10.0. The summed E-state index contributed by atoms with van der Waals surface area (Å²) in [7, 11) is 1.57. The van der Waals surface area contributed by atoms with Gasteiger partial charge in [-0.1, -0.05) is 0 Å². The van der Waals surface area contributed by atoms with Crippen LogP contribution in [0.1, 0.15) is 11.5 Å². The van der Waals surface area contributed by atoms with Crippen LogP contribution in [-0.4, -0.2) is 19.8 Å². The molecule has 0 saturated heterocycles. The fraction of sp³-hybridized carbons (Fsp3) is 0.400. The summed E-state index contributed by atoms with van der Waals surface area (Å²) >= 11 is 0. The zero-order valence-electron chi connectivity index (χ0n) is 7.98. The number of rotatable bonds is 0. The number of anilines is 1. The van der Waals surface area contributed by atoms with Crippen LogP contribution in [0.2, 0.25) is 0 Å². The predicted molar refractivity (Wildman–Crippen MR) is 48.5 cm³/mol. The van der Waals surface area contributed by atoms with Crippen LogP contribution in [0, 0.1) is 5.82 Å². The van der Waals surface area contributed by atoms with Crippen LogP contribution >= 0.6 is 0 Å². The van der Waals surface area contributed by atoms with Gasteiger partial charge in [0.1, 0.15) is 5.82 Å². The number of benzene rings is 1. The van der Waals surface area contributed by atoms with Gasteiger partial charge in [-0.25, -0.2) is 4.39 Å². The van der Waals surface area contributed by atoms with E-state index in [1.54, 1.807) is 7.05 Å². The molecule has 1 aromatic carbocycles. The van der Waals surface area contributed by atoms with E-state index >= 15 is 0 Å². The van der Waals surface area contributed by atoms with Crippen LogP contribution in [-0.2, 0) is 0 Å². The first-order valence-corrected chi connectivity index (χ1v) is 4.47. The number of alkyl halides is 3. The summed E-state index contributed by atoms with van der Waals surface area (Å²) in [6, 6.07) is 3.53. The Morgan fingerprint density at radius 2 is 2.00 bits per heavy atom. The maximum atomic E-state index is 12.9. The molecule has 2 rings (SSSR count). The van der Waals surface area contributed by atoms with Crippen LogP contribution in [0.5, 0.6) is 0 Å². The zero-order valence-corrected chi connectivity index (χ0v) is 7.98. The van der Waals surface area contributed by atoms with Gasteiger partial charge in [0, 0.05) is 19.3 Å². The largest absolute Gasteiger partial charge is 0.397 e. The summed E-state index contributed by atoms with van der Waals surface area (Å²) < 4.78 is 50.7. The highest BCUT2D eigenvalue weighted by Crippen LogP contribution is 2.44. The van der Waals surface area contributed by atoms with Crippen LogP contribution in [0.4, 0.5) is 23.2 Å². The van der Waals surface area contributed by atoms with E-state index in [1.807, 2.05) is 0 Å². The molecule has 0 aromatic heterocycles. The van der Waals surface area contributed by atoms with Crippen molar-refractivity contribution < 1.29 is 17.6 Å². The highest BCUT2D eigenvalue weighted by atomic mass is 19.4. The lowest BCUT2D eigenvalue weighted by Gasteiger charge is -2.15. The maximum absolute atomic E-state index is 12.9. The first-order chi connectivity index (χ1) is 6.89. The number of fused-ring (bicyclic) bond motifs is 1. The Morgan fingerprint density at radius 1 is 1.33 bits per heavy atom. The van der Waals surface area contributed by atoms with Crippen molar-refractivity contribution in [2.75, 3.05) is 18.5 Å². The monoisotopic (exact) mass is 219 g/mol. The van der Waals surface area contributed by atoms with Crippen molar-refractivity contribution in [2.45, 2.75) is 12.1 Å². The van der Waals surface area contributed by atoms with Crippen LogP contribution < -0.4 is 4.90 Å². The first-order valence-electron chi connectivity index (χ1n) is 4.47. The molecule has 0 fully saturated rings. The third kappa shape index (κ3) is 1.66. The minimum Gasteiger partial charge on any atom is -0.373 e. The van der Waals surface area contributed by atoms with Crippen LogP contribution in [0.25, 0.3) is 0 Å². The van der Waals surface area contributed by atoms with Gasteiger partial charge in [0.2, 0.25) is 0 Å². The van der Waals surface area contributed by atoms with Crippen molar-refractivity contribution >= 4 is 5.69 Å². The molecular formula is C10H9F4N. The molecule has 0 N–H and O–H groups in total. The Morgan fingerprint density at radius 3 is 2.60 bits per heavy atom. The molecule has 1 aromatic rings. The first kappa shape index (κ1) is 10.3. The van der Waals surface area contributed by atoms with Gasteiger partial charge in [0.25, 0.3) is 0 Å². The van der Waals surface area contributed by atoms with E-state index in [4.69, 9.17) is 0 Å². The van der Waals surface area contributed by atoms with E-state index in [-0.39, 0.29) is 12.1 Å². The molecule has 1 aliphatic rings. The maximum Gasteiger partial charge on any atom is 0.397 e. The Kier molecular flexibility index (Phi) is 2.13.